The zero-order valence-electron chi connectivity index (χ0n) is 12.0. The standard InChI is InChI=1S/C13H22N4O2S/c1-3-5-11-12(14-2)16-9-17-13(11)15-8-10-6-4-7-20(10,18)19/h9-10H,3-8H2,1-2H3,(H2,14,15,16,17). The van der Waals surface area contributed by atoms with Gasteiger partial charge in [-0.2, -0.15) is 0 Å². The maximum atomic E-state index is 11.8. The van der Waals surface area contributed by atoms with Crippen molar-refractivity contribution in [3.05, 3.63) is 11.9 Å². The van der Waals surface area contributed by atoms with E-state index in [1.54, 1.807) is 0 Å². The van der Waals surface area contributed by atoms with E-state index >= 15 is 0 Å². The predicted molar refractivity (Wildman–Crippen MR) is 80.9 cm³/mol. The van der Waals surface area contributed by atoms with Gasteiger partial charge in [0.2, 0.25) is 0 Å². The molecule has 1 saturated heterocycles. The average Bonchev–Trinajstić information content (AvgIpc) is 2.76. The summed E-state index contributed by atoms with van der Waals surface area (Å²) in [7, 11) is -1.09. The molecular weight excluding hydrogens is 276 g/mol. The van der Waals surface area contributed by atoms with Crippen LogP contribution < -0.4 is 10.6 Å². The molecule has 0 spiro atoms. The minimum Gasteiger partial charge on any atom is -0.373 e. The second-order valence-electron chi connectivity index (χ2n) is 5.06. The van der Waals surface area contributed by atoms with Crippen LogP contribution in [0.3, 0.4) is 0 Å². The highest BCUT2D eigenvalue weighted by Gasteiger charge is 2.31. The van der Waals surface area contributed by atoms with Crippen molar-refractivity contribution in [1.82, 2.24) is 9.97 Å². The Morgan fingerprint density at radius 2 is 2.10 bits per heavy atom. The maximum absolute atomic E-state index is 11.8. The Hall–Kier alpha value is -1.37. The van der Waals surface area contributed by atoms with Crippen LogP contribution in [0.4, 0.5) is 11.6 Å². The summed E-state index contributed by atoms with van der Waals surface area (Å²) >= 11 is 0. The van der Waals surface area contributed by atoms with E-state index in [2.05, 4.69) is 27.5 Å². The lowest BCUT2D eigenvalue weighted by molar-refractivity contribution is 0.591. The van der Waals surface area contributed by atoms with Crippen molar-refractivity contribution in [1.29, 1.82) is 0 Å². The van der Waals surface area contributed by atoms with Crippen molar-refractivity contribution in [2.24, 2.45) is 0 Å². The topological polar surface area (TPSA) is 84.0 Å². The van der Waals surface area contributed by atoms with Crippen LogP contribution in [0.25, 0.3) is 0 Å². The summed E-state index contributed by atoms with van der Waals surface area (Å²) in [6.45, 7) is 2.52. The fourth-order valence-corrected chi connectivity index (χ4v) is 4.33. The van der Waals surface area contributed by atoms with Gasteiger partial charge in [-0.05, 0) is 19.3 Å². The summed E-state index contributed by atoms with van der Waals surface area (Å²) in [6.07, 6.45) is 4.84. The third-order valence-electron chi connectivity index (χ3n) is 3.64. The first-order valence-corrected chi connectivity index (χ1v) is 8.77. The van der Waals surface area contributed by atoms with Gasteiger partial charge in [-0.3, -0.25) is 0 Å². The molecule has 0 aliphatic carbocycles. The summed E-state index contributed by atoms with van der Waals surface area (Å²) in [4.78, 5) is 8.46. The lowest BCUT2D eigenvalue weighted by Crippen LogP contribution is -2.26. The van der Waals surface area contributed by atoms with E-state index in [0.29, 0.717) is 12.3 Å². The highest BCUT2D eigenvalue weighted by atomic mass is 32.2. The fraction of sp³-hybridized carbons (Fsp3) is 0.692. The van der Waals surface area contributed by atoms with Crippen LogP contribution in [0.15, 0.2) is 6.33 Å². The van der Waals surface area contributed by atoms with E-state index in [0.717, 1.165) is 42.9 Å². The quantitative estimate of drug-likeness (QED) is 0.827. The van der Waals surface area contributed by atoms with Gasteiger partial charge in [0, 0.05) is 19.2 Å². The number of hydrogen-bond acceptors (Lipinski definition) is 6. The van der Waals surface area contributed by atoms with Crippen molar-refractivity contribution in [3.8, 4) is 0 Å². The summed E-state index contributed by atoms with van der Waals surface area (Å²) in [5, 5.41) is 5.97. The molecule has 1 aliphatic heterocycles. The lowest BCUT2D eigenvalue weighted by Gasteiger charge is -2.15. The highest BCUT2D eigenvalue weighted by molar-refractivity contribution is 7.92. The number of aromatic nitrogens is 2. The summed E-state index contributed by atoms with van der Waals surface area (Å²) in [5.41, 5.74) is 1.02. The molecule has 0 saturated carbocycles. The Kier molecular flexibility index (Phi) is 4.80. The molecule has 2 N–H and O–H groups in total. The first-order chi connectivity index (χ1) is 9.58. The van der Waals surface area contributed by atoms with Crippen molar-refractivity contribution >= 4 is 21.5 Å². The van der Waals surface area contributed by atoms with Crippen LogP contribution >= 0.6 is 0 Å². The third-order valence-corrected chi connectivity index (χ3v) is 5.92. The second kappa shape index (κ2) is 6.39. The van der Waals surface area contributed by atoms with Crippen LogP contribution in [0, 0.1) is 0 Å². The van der Waals surface area contributed by atoms with E-state index in [1.165, 1.54) is 6.33 Å². The number of rotatable bonds is 6. The molecule has 2 heterocycles. The number of hydrogen-bond donors (Lipinski definition) is 2. The van der Waals surface area contributed by atoms with Gasteiger partial charge in [0.05, 0.1) is 11.0 Å². The molecule has 0 aromatic carbocycles. The van der Waals surface area contributed by atoms with Crippen molar-refractivity contribution in [2.45, 2.75) is 37.9 Å². The smallest absolute Gasteiger partial charge is 0.154 e. The first kappa shape index (κ1) is 15.0. The summed E-state index contributed by atoms with van der Waals surface area (Å²) in [5.74, 6) is 1.86. The Labute approximate surface area is 120 Å². The monoisotopic (exact) mass is 298 g/mol. The molecular formula is C13H22N4O2S. The molecule has 0 bridgehead atoms. The molecule has 1 aliphatic rings. The van der Waals surface area contributed by atoms with Crippen molar-refractivity contribution in [3.63, 3.8) is 0 Å². The van der Waals surface area contributed by atoms with E-state index in [9.17, 15) is 8.42 Å². The van der Waals surface area contributed by atoms with Gasteiger partial charge in [0.15, 0.2) is 9.84 Å². The van der Waals surface area contributed by atoms with Gasteiger partial charge < -0.3 is 10.6 Å². The van der Waals surface area contributed by atoms with Gasteiger partial charge in [-0.1, -0.05) is 13.3 Å². The van der Waals surface area contributed by atoms with Gasteiger partial charge in [-0.15, -0.1) is 0 Å². The minimum absolute atomic E-state index is 0.287. The van der Waals surface area contributed by atoms with E-state index in [-0.39, 0.29) is 5.25 Å². The molecule has 7 heteroatoms. The molecule has 0 radical (unpaired) electrons. The number of nitrogens with one attached hydrogen (secondary N) is 2. The average molecular weight is 298 g/mol. The lowest BCUT2D eigenvalue weighted by atomic mass is 10.1. The Balaban J connectivity index is 2.13. The Morgan fingerprint density at radius 3 is 2.70 bits per heavy atom. The van der Waals surface area contributed by atoms with E-state index in [4.69, 9.17) is 0 Å². The molecule has 0 amide bonds. The summed E-state index contributed by atoms with van der Waals surface area (Å²) < 4.78 is 23.7. The van der Waals surface area contributed by atoms with Gasteiger partial charge in [0.1, 0.15) is 18.0 Å². The summed E-state index contributed by atoms with van der Waals surface area (Å²) in [6, 6.07) is 0. The first-order valence-electron chi connectivity index (χ1n) is 7.05. The number of nitrogens with zero attached hydrogens (tertiary/aromatic N) is 2. The highest BCUT2D eigenvalue weighted by Crippen LogP contribution is 2.24. The molecule has 1 aromatic heterocycles. The zero-order valence-corrected chi connectivity index (χ0v) is 12.8. The number of anilines is 2. The van der Waals surface area contributed by atoms with Gasteiger partial charge in [0.25, 0.3) is 0 Å². The van der Waals surface area contributed by atoms with Gasteiger partial charge >= 0.3 is 0 Å². The normalized spacial score (nSPS) is 20.8. The van der Waals surface area contributed by atoms with E-state index in [1.807, 2.05) is 7.05 Å². The Bertz CT molecular complexity index is 559. The molecule has 112 valence electrons. The van der Waals surface area contributed by atoms with Crippen LogP contribution in [-0.4, -0.2) is 43.0 Å². The molecule has 1 fully saturated rings. The molecule has 2 rings (SSSR count). The van der Waals surface area contributed by atoms with Gasteiger partial charge in [-0.25, -0.2) is 18.4 Å². The Morgan fingerprint density at radius 1 is 1.35 bits per heavy atom. The second-order valence-corrected chi connectivity index (χ2v) is 7.46. The molecule has 6 nitrogen and oxygen atoms in total. The SMILES string of the molecule is CCCc1c(NC)ncnc1NCC1CCCS1(=O)=O. The molecule has 1 aromatic rings. The van der Waals surface area contributed by atoms with Crippen LogP contribution in [0.2, 0.25) is 0 Å². The van der Waals surface area contributed by atoms with Crippen molar-refractivity contribution < 1.29 is 8.42 Å². The fourth-order valence-electron chi connectivity index (χ4n) is 2.56. The zero-order chi connectivity index (χ0) is 14.6. The minimum atomic E-state index is -2.92. The third kappa shape index (κ3) is 3.20. The molecule has 20 heavy (non-hydrogen) atoms. The van der Waals surface area contributed by atoms with Crippen molar-refractivity contribution in [2.75, 3.05) is 30.0 Å². The van der Waals surface area contributed by atoms with Crippen LogP contribution in [0.5, 0.6) is 0 Å². The van der Waals surface area contributed by atoms with Crippen LogP contribution in [0.1, 0.15) is 31.7 Å². The predicted octanol–water partition coefficient (Wildman–Crippen LogP) is 1.46. The maximum Gasteiger partial charge on any atom is 0.154 e. The van der Waals surface area contributed by atoms with E-state index < -0.39 is 9.84 Å². The molecule has 1 atom stereocenters. The molecule has 1 unspecified atom stereocenters. The largest absolute Gasteiger partial charge is 0.373 e. The number of sulfone groups is 1. The van der Waals surface area contributed by atoms with Crippen LogP contribution in [-0.2, 0) is 16.3 Å².